The number of esters is 2. The molecule has 1 atom stereocenters. The molecule has 30 heavy (non-hydrogen) atoms. The summed E-state index contributed by atoms with van der Waals surface area (Å²) in [7, 11) is 1.10. The zero-order chi connectivity index (χ0) is 22.3. The molecule has 2 aromatic carbocycles. The van der Waals surface area contributed by atoms with Crippen molar-refractivity contribution in [1.29, 1.82) is 0 Å². The van der Waals surface area contributed by atoms with Gasteiger partial charge in [0.15, 0.2) is 6.10 Å². The summed E-state index contributed by atoms with van der Waals surface area (Å²) in [4.78, 5) is 46.7. The van der Waals surface area contributed by atoms with Crippen molar-refractivity contribution in [2.45, 2.75) is 20.0 Å². The molecule has 0 radical (unpaired) electrons. The van der Waals surface area contributed by atoms with E-state index in [4.69, 9.17) is 9.47 Å². The molecule has 1 amide bonds. The summed E-state index contributed by atoms with van der Waals surface area (Å²) < 4.78 is 14.9. The van der Waals surface area contributed by atoms with Crippen LogP contribution in [0, 0.1) is 10.1 Å². The summed E-state index contributed by atoms with van der Waals surface area (Å²) in [6, 6.07) is 9.62. The fourth-order valence-electron chi connectivity index (χ4n) is 2.40. The zero-order valence-electron chi connectivity index (χ0n) is 16.5. The van der Waals surface area contributed by atoms with E-state index in [1.165, 1.54) is 6.92 Å². The normalized spacial score (nSPS) is 11.2. The number of ether oxygens (including phenoxy) is 3. The molecule has 2 rings (SSSR count). The number of nitro groups is 1. The molecule has 0 aliphatic heterocycles. The Morgan fingerprint density at radius 1 is 1.07 bits per heavy atom. The van der Waals surface area contributed by atoms with Crippen molar-refractivity contribution in [3.8, 4) is 5.75 Å². The fourth-order valence-corrected chi connectivity index (χ4v) is 2.40. The number of nitro benzene ring substituents is 1. The molecule has 0 saturated carbocycles. The third kappa shape index (κ3) is 5.77. The Balaban J connectivity index is 2.10. The van der Waals surface area contributed by atoms with Gasteiger partial charge in [0.05, 0.1) is 29.8 Å². The van der Waals surface area contributed by atoms with Gasteiger partial charge in [0.2, 0.25) is 0 Å². The maximum Gasteiger partial charge on any atom is 0.339 e. The average molecular weight is 416 g/mol. The van der Waals surface area contributed by atoms with E-state index in [-0.39, 0.29) is 11.1 Å². The molecule has 158 valence electrons. The highest BCUT2D eigenvalue weighted by Crippen LogP contribution is 2.20. The summed E-state index contributed by atoms with van der Waals surface area (Å²) in [6.45, 7) is 3.70. The molecule has 0 aliphatic rings. The van der Waals surface area contributed by atoms with E-state index in [1.807, 2.05) is 6.92 Å². The van der Waals surface area contributed by atoms with Gasteiger partial charge in [-0.1, -0.05) is 0 Å². The quantitative estimate of drug-likeness (QED) is 0.394. The van der Waals surface area contributed by atoms with Crippen LogP contribution in [0.3, 0.4) is 0 Å². The first kappa shape index (κ1) is 22.3. The van der Waals surface area contributed by atoms with Crippen LogP contribution in [0.25, 0.3) is 0 Å². The van der Waals surface area contributed by atoms with E-state index in [9.17, 15) is 24.5 Å². The minimum absolute atomic E-state index is 0.190. The number of anilines is 1. The van der Waals surface area contributed by atoms with Crippen molar-refractivity contribution < 1.29 is 33.5 Å². The minimum Gasteiger partial charge on any atom is -0.494 e. The van der Waals surface area contributed by atoms with E-state index in [1.54, 1.807) is 24.3 Å². The Bertz CT molecular complexity index is 956. The molecule has 0 saturated heterocycles. The number of carbonyl (C=O) groups excluding carboxylic acids is 3. The van der Waals surface area contributed by atoms with Gasteiger partial charge in [-0.2, -0.15) is 0 Å². The second-order valence-corrected chi connectivity index (χ2v) is 6.01. The van der Waals surface area contributed by atoms with E-state index in [2.05, 4.69) is 10.1 Å². The highest BCUT2D eigenvalue weighted by molar-refractivity contribution is 5.99. The molecular formula is C20H20N2O8. The predicted octanol–water partition coefficient (Wildman–Crippen LogP) is 2.96. The zero-order valence-corrected chi connectivity index (χ0v) is 16.5. The van der Waals surface area contributed by atoms with Gasteiger partial charge in [-0.15, -0.1) is 0 Å². The molecule has 0 fully saturated rings. The van der Waals surface area contributed by atoms with Gasteiger partial charge >= 0.3 is 11.9 Å². The lowest BCUT2D eigenvalue weighted by Crippen LogP contribution is -2.30. The van der Waals surface area contributed by atoms with Crippen LogP contribution in [-0.2, 0) is 14.3 Å². The summed E-state index contributed by atoms with van der Waals surface area (Å²) in [5.41, 5.74) is -0.471. The van der Waals surface area contributed by atoms with Crippen LogP contribution in [0.15, 0.2) is 42.5 Å². The number of hydrogen-bond acceptors (Lipinski definition) is 8. The molecule has 10 heteroatoms. The number of rotatable bonds is 8. The Hall–Kier alpha value is -3.95. The lowest BCUT2D eigenvalue weighted by molar-refractivity contribution is -0.384. The second kappa shape index (κ2) is 10.0. The van der Waals surface area contributed by atoms with Gasteiger partial charge in [0.1, 0.15) is 5.75 Å². The van der Waals surface area contributed by atoms with Crippen molar-refractivity contribution in [1.82, 2.24) is 0 Å². The third-order valence-corrected chi connectivity index (χ3v) is 3.87. The van der Waals surface area contributed by atoms with Gasteiger partial charge < -0.3 is 19.5 Å². The molecule has 2 aromatic rings. The number of nitrogens with zero attached hydrogens (tertiary/aromatic N) is 1. The summed E-state index contributed by atoms with van der Waals surface area (Å²) in [5, 5.41) is 13.6. The topological polar surface area (TPSA) is 134 Å². The van der Waals surface area contributed by atoms with E-state index in [0.717, 1.165) is 25.3 Å². The predicted molar refractivity (Wildman–Crippen MR) is 106 cm³/mol. The number of hydrogen-bond donors (Lipinski definition) is 1. The Labute approximate surface area is 171 Å². The lowest BCUT2D eigenvalue weighted by Gasteiger charge is -2.14. The van der Waals surface area contributed by atoms with Crippen LogP contribution < -0.4 is 10.1 Å². The maximum atomic E-state index is 12.4. The van der Waals surface area contributed by atoms with Crippen LogP contribution in [-0.4, -0.2) is 42.6 Å². The monoisotopic (exact) mass is 416 g/mol. The summed E-state index contributed by atoms with van der Waals surface area (Å²) in [5.74, 6) is -1.82. The van der Waals surface area contributed by atoms with Crippen LogP contribution >= 0.6 is 0 Å². The average Bonchev–Trinajstić information content (AvgIpc) is 2.74. The highest BCUT2D eigenvalue weighted by atomic mass is 16.6. The molecule has 0 heterocycles. The molecule has 0 bridgehead atoms. The van der Waals surface area contributed by atoms with Crippen LogP contribution in [0.4, 0.5) is 11.4 Å². The summed E-state index contributed by atoms with van der Waals surface area (Å²) >= 11 is 0. The van der Waals surface area contributed by atoms with Gasteiger partial charge in [0.25, 0.3) is 11.6 Å². The number of benzene rings is 2. The molecule has 0 aliphatic carbocycles. The molecule has 0 aromatic heterocycles. The van der Waals surface area contributed by atoms with Crippen LogP contribution in [0.1, 0.15) is 34.6 Å². The number of carbonyl (C=O) groups is 3. The smallest absolute Gasteiger partial charge is 0.339 e. The lowest BCUT2D eigenvalue weighted by atomic mass is 10.1. The van der Waals surface area contributed by atoms with Gasteiger partial charge in [0, 0.05) is 17.8 Å². The molecular weight excluding hydrogens is 396 g/mol. The number of non-ortho nitro benzene ring substituents is 1. The van der Waals surface area contributed by atoms with E-state index >= 15 is 0 Å². The van der Waals surface area contributed by atoms with Crippen LogP contribution in [0.5, 0.6) is 5.75 Å². The van der Waals surface area contributed by atoms with Crippen molar-refractivity contribution in [2.24, 2.45) is 0 Å². The first-order chi connectivity index (χ1) is 14.2. The molecule has 10 nitrogen and oxygen atoms in total. The van der Waals surface area contributed by atoms with E-state index < -0.39 is 34.6 Å². The van der Waals surface area contributed by atoms with Crippen LogP contribution in [0.2, 0.25) is 0 Å². The first-order valence-corrected chi connectivity index (χ1v) is 8.87. The summed E-state index contributed by atoms with van der Waals surface area (Å²) in [6.07, 6.45) is -1.20. The van der Waals surface area contributed by atoms with Crippen molar-refractivity contribution in [3.63, 3.8) is 0 Å². The van der Waals surface area contributed by atoms with Crippen molar-refractivity contribution in [3.05, 3.63) is 63.7 Å². The SMILES string of the molecule is CCOc1ccc(NC(=O)C(C)OC(=O)c2cc(C(=O)OC)cc([N+](=O)[O-])c2)cc1. The van der Waals surface area contributed by atoms with Crippen molar-refractivity contribution >= 4 is 29.2 Å². The maximum absolute atomic E-state index is 12.4. The highest BCUT2D eigenvalue weighted by Gasteiger charge is 2.23. The molecule has 1 N–H and O–H groups in total. The Kier molecular flexibility index (Phi) is 7.45. The van der Waals surface area contributed by atoms with Gasteiger partial charge in [-0.05, 0) is 44.2 Å². The Morgan fingerprint density at radius 2 is 1.67 bits per heavy atom. The Morgan fingerprint density at radius 3 is 2.20 bits per heavy atom. The van der Waals surface area contributed by atoms with E-state index in [0.29, 0.717) is 18.0 Å². The molecule has 1 unspecified atom stereocenters. The molecule has 0 spiro atoms. The number of nitrogens with one attached hydrogen (secondary N) is 1. The van der Waals surface area contributed by atoms with Gasteiger partial charge in [-0.3, -0.25) is 14.9 Å². The third-order valence-electron chi connectivity index (χ3n) is 3.87. The first-order valence-electron chi connectivity index (χ1n) is 8.87. The second-order valence-electron chi connectivity index (χ2n) is 6.01. The fraction of sp³-hybridized carbons (Fsp3) is 0.250. The minimum atomic E-state index is -1.20. The number of amides is 1. The van der Waals surface area contributed by atoms with Crippen molar-refractivity contribution in [2.75, 3.05) is 19.0 Å². The van der Waals surface area contributed by atoms with Gasteiger partial charge in [-0.25, -0.2) is 9.59 Å². The largest absolute Gasteiger partial charge is 0.494 e. The standard InChI is InChI=1S/C20H20N2O8/c1-4-29-17-7-5-15(6-8-17)21-18(23)12(2)30-20(25)14-9-13(19(24)28-3)10-16(11-14)22(26)27/h5-12H,4H2,1-3H3,(H,21,23). The number of methoxy groups -OCH3 is 1.